The van der Waals surface area contributed by atoms with Crippen molar-refractivity contribution in [1.82, 2.24) is 5.32 Å². The highest BCUT2D eigenvalue weighted by atomic mass is 32.1. The zero-order valence-corrected chi connectivity index (χ0v) is 10.4. The molecule has 3 atom stereocenters. The van der Waals surface area contributed by atoms with E-state index >= 15 is 0 Å². The van der Waals surface area contributed by atoms with E-state index in [0.717, 1.165) is 5.92 Å². The Morgan fingerprint density at radius 1 is 1.36 bits per heavy atom. The first-order chi connectivity index (χ1) is 6.65. The molecule has 0 saturated carbocycles. The van der Waals surface area contributed by atoms with Crippen LogP contribution in [0.5, 0.6) is 0 Å². The van der Waals surface area contributed by atoms with Gasteiger partial charge in [-0.05, 0) is 31.2 Å². The van der Waals surface area contributed by atoms with Crippen molar-refractivity contribution in [2.75, 3.05) is 0 Å². The fourth-order valence-corrected chi connectivity index (χ4v) is 2.28. The average molecular weight is 211 g/mol. The lowest BCUT2D eigenvalue weighted by molar-refractivity contribution is 0.362. The minimum atomic E-state index is 0.485. The van der Waals surface area contributed by atoms with E-state index in [0.29, 0.717) is 12.1 Å². The smallest absolute Gasteiger partial charge is 0.0388 e. The molecule has 0 radical (unpaired) electrons. The van der Waals surface area contributed by atoms with Gasteiger partial charge in [-0.3, -0.25) is 0 Å². The quantitative estimate of drug-likeness (QED) is 0.780. The van der Waals surface area contributed by atoms with Gasteiger partial charge >= 0.3 is 0 Å². The van der Waals surface area contributed by atoms with Crippen LogP contribution in [0.4, 0.5) is 0 Å². The molecule has 2 heteroatoms. The molecule has 0 aliphatic carbocycles. The van der Waals surface area contributed by atoms with Crippen molar-refractivity contribution in [2.45, 2.75) is 46.2 Å². The van der Waals surface area contributed by atoms with E-state index in [9.17, 15) is 0 Å². The maximum Gasteiger partial charge on any atom is 0.0388 e. The van der Waals surface area contributed by atoms with Crippen molar-refractivity contribution in [1.29, 1.82) is 0 Å². The van der Waals surface area contributed by atoms with Crippen LogP contribution >= 0.6 is 11.3 Å². The second-order valence-electron chi connectivity index (χ2n) is 4.08. The second kappa shape index (κ2) is 5.52. The van der Waals surface area contributed by atoms with E-state index in [-0.39, 0.29) is 0 Å². The molecule has 1 heterocycles. The Bertz CT molecular complexity index is 243. The molecule has 80 valence electrons. The Labute approximate surface area is 91.5 Å². The summed E-state index contributed by atoms with van der Waals surface area (Å²) in [6.07, 6.45) is 1.24. The van der Waals surface area contributed by atoms with Crippen LogP contribution in [0.15, 0.2) is 17.5 Å². The number of rotatable bonds is 5. The lowest BCUT2D eigenvalue weighted by Crippen LogP contribution is -2.33. The van der Waals surface area contributed by atoms with Gasteiger partial charge in [-0.25, -0.2) is 0 Å². The molecule has 1 rings (SSSR count). The Morgan fingerprint density at radius 3 is 2.57 bits per heavy atom. The van der Waals surface area contributed by atoms with Crippen LogP contribution in [0.1, 0.15) is 45.0 Å². The lowest BCUT2D eigenvalue weighted by atomic mass is 10.00. The van der Waals surface area contributed by atoms with Gasteiger partial charge in [0.05, 0.1) is 0 Å². The first kappa shape index (κ1) is 11.7. The average Bonchev–Trinajstić information content (AvgIpc) is 2.69. The van der Waals surface area contributed by atoms with E-state index in [1.54, 1.807) is 0 Å². The third kappa shape index (κ3) is 3.10. The summed E-state index contributed by atoms with van der Waals surface area (Å²) < 4.78 is 0. The van der Waals surface area contributed by atoms with E-state index < -0.39 is 0 Å². The highest BCUT2D eigenvalue weighted by Gasteiger charge is 2.14. The second-order valence-corrected chi connectivity index (χ2v) is 5.06. The van der Waals surface area contributed by atoms with Gasteiger partial charge in [0, 0.05) is 17.0 Å². The van der Waals surface area contributed by atoms with Crippen LogP contribution in [-0.2, 0) is 0 Å². The molecule has 0 aliphatic rings. The number of hydrogen-bond acceptors (Lipinski definition) is 2. The minimum Gasteiger partial charge on any atom is -0.307 e. The van der Waals surface area contributed by atoms with Gasteiger partial charge in [-0.1, -0.05) is 26.3 Å². The lowest BCUT2D eigenvalue weighted by Gasteiger charge is -2.23. The Hall–Kier alpha value is -0.340. The van der Waals surface area contributed by atoms with Gasteiger partial charge < -0.3 is 5.32 Å². The van der Waals surface area contributed by atoms with E-state index in [1.807, 2.05) is 11.3 Å². The maximum atomic E-state index is 3.64. The number of nitrogens with one attached hydrogen (secondary N) is 1. The predicted molar refractivity (Wildman–Crippen MR) is 64.8 cm³/mol. The molecule has 0 aromatic carbocycles. The summed E-state index contributed by atoms with van der Waals surface area (Å²) in [6, 6.07) is 5.40. The third-order valence-corrected chi connectivity index (χ3v) is 4.04. The topological polar surface area (TPSA) is 12.0 Å². The highest BCUT2D eigenvalue weighted by Crippen LogP contribution is 2.20. The summed E-state index contributed by atoms with van der Waals surface area (Å²) >= 11 is 1.83. The molecular formula is C12H21NS. The van der Waals surface area contributed by atoms with Crippen molar-refractivity contribution in [2.24, 2.45) is 5.92 Å². The molecule has 0 bridgehead atoms. The summed E-state index contributed by atoms with van der Waals surface area (Å²) in [5.74, 6) is 0.748. The molecule has 1 nitrogen and oxygen atoms in total. The van der Waals surface area contributed by atoms with Gasteiger partial charge in [0.1, 0.15) is 0 Å². The van der Waals surface area contributed by atoms with Gasteiger partial charge in [-0.2, -0.15) is 0 Å². The molecule has 0 saturated heterocycles. The maximum absolute atomic E-state index is 3.64. The SMILES string of the molecule is CCC(C)C(C)N[C@@H](C)c1cccs1. The van der Waals surface area contributed by atoms with Gasteiger partial charge in [0.25, 0.3) is 0 Å². The summed E-state index contributed by atoms with van der Waals surface area (Å²) in [6.45, 7) is 9.07. The van der Waals surface area contributed by atoms with Crippen molar-refractivity contribution in [3.05, 3.63) is 22.4 Å². The summed E-state index contributed by atoms with van der Waals surface area (Å²) in [7, 11) is 0. The monoisotopic (exact) mass is 211 g/mol. The molecule has 0 aliphatic heterocycles. The summed E-state index contributed by atoms with van der Waals surface area (Å²) in [4.78, 5) is 1.43. The minimum absolute atomic E-state index is 0.485. The van der Waals surface area contributed by atoms with E-state index in [1.165, 1.54) is 11.3 Å². The first-order valence-corrected chi connectivity index (χ1v) is 6.32. The van der Waals surface area contributed by atoms with Crippen LogP contribution in [0.25, 0.3) is 0 Å². The van der Waals surface area contributed by atoms with Crippen molar-refractivity contribution >= 4 is 11.3 Å². The van der Waals surface area contributed by atoms with Gasteiger partial charge in [0.15, 0.2) is 0 Å². The summed E-state index contributed by atoms with van der Waals surface area (Å²) in [5, 5.41) is 5.78. The van der Waals surface area contributed by atoms with Crippen LogP contribution in [0.3, 0.4) is 0 Å². The highest BCUT2D eigenvalue weighted by molar-refractivity contribution is 7.10. The predicted octanol–water partition coefficient (Wildman–Crippen LogP) is 3.83. The number of thiophene rings is 1. The molecule has 14 heavy (non-hydrogen) atoms. The van der Waals surface area contributed by atoms with Crippen LogP contribution in [0, 0.1) is 5.92 Å². The molecule has 0 amide bonds. The third-order valence-electron chi connectivity index (χ3n) is 2.98. The Kier molecular flexibility index (Phi) is 4.63. The van der Waals surface area contributed by atoms with E-state index in [4.69, 9.17) is 0 Å². The first-order valence-electron chi connectivity index (χ1n) is 5.44. The normalized spacial score (nSPS) is 17.7. The van der Waals surface area contributed by atoms with Crippen LogP contribution < -0.4 is 5.32 Å². The molecule has 2 unspecified atom stereocenters. The van der Waals surface area contributed by atoms with Gasteiger partial charge in [0.2, 0.25) is 0 Å². The largest absolute Gasteiger partial charge is 0.307 e. The van der Waals surface area contributed by atoms with Crippen LogP contribution in [-0.4, -0.2) is 6.04 Å². The van der Waals surface area contributed by atoms with Crippen molar-refractivity contribution in [3.8, 4) is 0 Å². The molecule has 0 spiro atoms. The zero-order valence-electron chi connectivity index (χ0n) is 9.58. The summed E-state index contributed by atoms with van der Waals surface area (Å²) in [5.41, 5.74) is 0. The fraction of sp³-hybridized carbons (Fsp3) is 0.667. The van der Waals surface area contributed by atoms with Crippen LogP contribution in [0.2, 0.25) is 0 Å². The standard InChI is InChI=1S/C12H21NS/c1-5-9(2)10(3)13-11(4)12-7-6-8-14-12/h6-11,13H,5H2,1-4H3/t9?,10?,11-/m0/s1. The fourth-order valence-electron chi connectivity index (χ4n) is 1.53. The van der Waals surface area contributed by atoms with Crippen molar-refractivity contribution in [3.63, 3.8) is 0 Å². The number of hydrogen-bond donors (Lipinski definition) is 1. The Balaban J connectivity index is 2.44. The molecular weight excluding hydrogens is 190 g/mol. The zero-order chi connectivity index (χ0) is 10.6. The van der Waals surface area contributed by atoms with Crippen molar-refractivity contribution < 1.29 is 0 Å². The van der Waals surface area contributed by atoms with Gasteiger partial charge in [-0.15, -0.1) is 11.3 Å². The molecule has 1 N–H and O–H groups in total. The van der Waals surface area contributed by atoms with E-state index in [2.05, 4.69) is 50.5 Å². The molecule has 1 aromatic heterocycles. The molecule has 1 aromatic rings. The molecule has 0 fully saturated rings. The Morgan fingerprint density at radius 2 is 2.07 bits per heavy atom.